The Morgan fingerprint density at radius 1 is 1.48 bits per heavy atom. The second-order valence-corrected chi connectivity index (χ2v) is 7.75. The van der Waals surface area contributed by atoms with Gasteiger partial charge in [-0.2, -0.15) is 0 Å². The number of aliphatic carboxylic acids is 1. The van der Waals surface area contributed by atoms with Gasteiger partial charge in [0, 0.05) is 11.5 Å². The number of hydrogen-bond acceptors (Lipinski definition) is 5. The number of carboxylic acids is 1. The van der Waals surface area contributed by atoms with E-state index in [0.29, 0.717) is 0 Å². The molecule has 6 heteroatoms. The van der Waals surface area contributed by atoms with Crippen LogP contribution in [0.1, 0.15) is 18.9 Å². The summed E-state index contributed by atoms with van der Waals surface area (Å²) in [6.45, 7) is 5.44. The maximum absolute atomic E-state index is 11.2. The molecule has 0 aliphatic carbocycles. The molecule has 0 aliphatic heterocycles. The van der Waals surface area contributed by atoms with Crippen LogP contribution in [-0.4, -0.2) is 22.7 Å². The first-order valence-corrected chi connectivity index (χ1v) is 8.21. The van der Waals surface area contributed by atoms with Crippen molar-refractivity contribution >= 4 is 48.9 Å². The lowest BCUT2D eigenvalue weighted by Crippen LogP contribution is -2.30. The topological polar surface area (TPSA) is 59.4 Å². The Morgan fingerprint density at radius 3 is 2.95 bits per heavy atom. The maximum Gasteiger partial charge on any atom is 0.312 e. The Labute approximate surface area is 130 Å². The lowest BCUT2D eigenvalue weighted by molar-refractivity contribution is -0.148. The third kappa shape index (κ3) is 2.49. The fraction of sp³-hybridized carbons (Fsp3) is 0.333. The minimum absolute atomic E-state index is 0.135. The highest BCUT2D eigenvalue weighted by atomic mass is 32.1. The predicted molar refractivity (Wildman–Crippen MR) is 86.7 cm³/mol. The maximum atomic E-state index is 11.2. The molecular weight excluding hydrogens is 306 g/mol. The van der Waals surface area contributed by atoms with Crippen LogP contribution >= 0.6 is 22.7 Å². The average Bonchev–Trinajstić information content (AvgIpc) is 3.00. The molecule has 0 fully saturated rings. The highest BCUT2D eigenvalue weighted by Gasteiger charge is 2.28. The van der Waals surface area contributed by atoms with Crippen LogP contribution in [-0.2, 0) is 4.79 Å². The van der Waals surface area contributed by atoms with Gasteiger partial charge < -0.3 is 9.84 Å². The molecule has 2 aromatic heterocycles. The Balaban J connectivity index is 2.04. The van der Waals surface area contributed by atoms with E-state index in [9.17, 15) is 9.90 Å². The van der Waals surface area contributed by atoms with Gasteiger partial charge in [0.2, 0.25) is 0 Å². The van der Waals surface area contributed by atoms with Crippen molar-refractivity contribution in [3.05, 3.63) is 22.5 Å². The van der Waals surface area contributed by atoms with E-state index in [4.69, 9.17) is 4.74 Å². The van der Waals surface area contributed by atoms with Gasteiger partial charge in [-0.3, -0.25) is 4.79 Å². The minimum atomic E-state index is -0.916. The van der Waals surface area contributed by atoms with E-state index in [2.05, 4.69) is 4.98 Å². The Kier molecular flexibility index (Phi) is 3.37. The highest BCUT2D eigenvalue weighted by molar-refractivity contribution is 7.21. The summed E-state index contributed by atoms with van der Waals surface area (Å²) in [6.07, 6.45) is 0. The number of hydrogen-bond donors (Lipinski definition) is 1. The molecule has 21 heavy (non-hydrogen) atoms. The first-order valence-electron chi connectivity index (χ1n) is 6.52. The summed E-state index contributed by atoms with van der Waals surface area (Å²) in [4.78, 5) is 15.8. The molecule has 2 heterocycles. The number of rotatable bonds is 4. The third-order valence-corrected chi connectivity index (χ3v) is 5.17. The number of benzene rings is 1. The van der Waals surface area contributed by atoms with Crippen molar-refractivity contribution < 1.29 is 14.6 Å². The van der Waals surface area contributed by atoms with E-state index >= 15 is 0 Å². The van der Waals surface area contributed by atoms with Gasteiger partial charge >= 0.3 is 5.97 Å². The zero-order valence-electron chi connectivity index (χ0n) is 12.0. The van der Waals surface area contributed by atoms with E-state index < -0.39 is 11.4 Å². The van der Waals surface area contributed by atoms with E-state index in [0.717, 1.165) is 31.1 Å². The van der Waals surface area contributed by atoms with Crippen molar-refractivity contribution in [1.82, 2.24) is 4.98 Å². The molecule has 0 saturated carbocycles. The van der Waals surface area contributed by atoms with E-state index in [-0.39, 0.29) is 6.61 Å². The molecule has 0 atom stereocenters. The molecule has 0 saturated heterocycles. The second kappa shape index (κ2) is 4.96. The van der Waals surface area contributed by atoms with Crippen molar-refractivity contribution in [1.29, 1.82) is 0 Å². The lowest BCUT2D eigenvalue weighted by Gasteiger charge is -2.19. The summed E-state index contributed by atoms with van der Waals surface area (Å²) in [5.74, 6) is -0.129. The van der Waals surface area contributed by atoms with Gasteiger partial charge in [0.1, 0.15) is 12.4 Å². The molecule has 0 unspecified atom stereocenters. The Morgan fingerprint density at radius 2 is 2.24 bits per heavy atom. The molecular formula is C15H15NO3S2. The lowest BCUT2D eigenvalue weighted by atomic mass is 9.95. The van der Waals surface area contributed by atoms with Gasteiger partial charge in [-0.15, -0.1) is 22.7 Å². The minimum Gasteiger partial charge on any atom is -0.492 e. The summed E-state index contributed by atoms with van der Waals surface area (Å²) in [7, 11) is 0. The fourth-order valence-electron chi connectivity index (χ4n) is 2.03. The van der Waals surface area contributed by atoms with E-state index in [1.54, 1.807) is 36.5 Å². The number of aryl methyl sites for hydroxylation is 1. The first kappa shape index (κ1) is 14.3. The molecule has 0 spiro atoms. The Hall–Kier alpha value is -1.66. The largest absolute Gasteiger partial charge is 0.492 e. The van der Waals surface area contributed by atoms with Gasteiger partial charge in [0.05, 0.1) is 25.3 Å². The SMILES string of the molecule is Cc1nc2c(cc(OCC(C)(C)C(=O)O)c3ccsc32)s1. The molecule has 4 nitrogen and oxygen atoms in total. The quantitative estimate of drug-likeness (QED) is 0.778. The molecule has 110 valence electrons. The number of carboxylic acid groups (broad SMARTS) is 1. The van der Waals surface area contributed by atoms with Crippen molar-refractivity contribution in [3.8, 4) is 5.75 Å². The van der Waals surface area contributed by atoms with Crippen LogP contribution in [0.4, 0.5) is 0 Å². The van der Waals surface area contributed by atoms with E-state index in [1.807, 2.05) is 24.4 Å². The van der Waals surface area contributed by atoms with Crippen LogP contribution in [0.25, 0.3) is 20.3 Å². The fourth-order valence-corrected chi connectivity index (χ4v) is 3.86. The van der Waals surface area contributed by atoms with Crippen molar-refractivity contribution in [3.63, 3.8) is 0 Å². The van der Waals surface area contributed by atoms with Crippen molar-refractivity contribution in [2.75, 3.05) is 6.61 Å². The van der Waals surface area contributed by atoms with Crippen LogP contribution in [0.15, 0.2) is 17.5 Å². The van der Waals surface area contributed by atoms with Crippen LogP contribution in [0.3, 0.4) is 0 Å². The first-order chi connectivity index (χ1) is 9.88. The Bertz CT molecular complexity index is 832. The molecule has 0 radical (unpaired) electrons. The molecule has 0 bridgehead atoms. The summed E-state index contributed by atoms with van der Waals surface area (Å²) in [6, 6.07) is 3.96. The van der Waals surface area contributed by atoms with Crippen LogP contribution in [0, 0.1) is 12.3 Å². The van der Waals surface area contributed by atoms with E-state index in [1.165, 1.54) is 0 Å². The molecule has 3 rings (SSSR count). The van der Waals surface area contributed by atoms with Crippen molar-refractivity contribution in [2.45, 2.75) is 20.8 Å². The molecule has 0 amide bonds. The van der Waals surface area contributed by atoms with Gasteiger partial charge in [-0.05, 0) is 32.2 Å². The number of nitrogens with zero attached hydrogens (tertiary/aromatic N) is 1. The molecule has 0 aliphatic rings. The monoisotopic (exact) mass is 321 g/mol. The number of aromatic nitrogens is 1. The number of carbonyl (C=O) groups is 1. The molecule has 1 N–H and O–H groups in total. The number of thiazole rings is 1. The zero-order valence-corrected chi connectivity index (χ0v) is 13.6. The van der Waals surface area contributed by atoms with Gasteiger partial charge in [-0.25, -0.2) is 4.98 Å². The van der Waals surface area contributed by atoms with Crippen LogP contribution in [0.5, 0.6) is 5.75 Å². The number of ether oxygens (including phenoxy) is 1. The number of fused-ring (bicyclic) bond motifs is 3. The zero-order chi connectivity index (χ0) is 15.2. The summed E-state index contributed by atoms with van der Waals surface area (Å²) in [5, 5.41) is 13.2. The summed E-state index contributed by atoms with van der Waals surface area (Å²) < 4.78 is 8.00. The standard InChI is InChI=1S/C15H15NO3S2/c1-8-16-12-11(21-8)6-10(9-4-5-20-13(9)12)19-7-15(2,3)14(17)18/h4-6H,7H2,1-3H3,(H,17,18). The van der Waals surface area contributed by atoms with Crippen molar-refractivity contribution in [2.24, 2.45) is 5.41 Å². The predicted octanol–water partition coefficient (Wildman–Crippen LogP) is 4.31. The summed E-state index contributed by atoms with van der Waals surface area (Å²) >= 11 is 3.26. The molecule has 1 aromatic carbocycles. The average molecular weight is 321 g/mol. The van der Waals surface area contributed by atoms with Gasteiger partial charge in [0.25, 0.3) is 0 Å². The highest BCUT2D eigenvalue weighted by Crippen LogP contribution is 2.39. The van der Waals surface area contributed by atoms with Crippen LogP contribution in [0.2, 0.25) is 0 Å². The summed E-state index contributed by atoms with van der Waals surface area (Å²) in [5.41, 5.74) is 0.0910. The third-order valence-electron chi connectivity index (χ3n) is 3.34. The smallest absolute Gasteiger partial charge is 0.312 e. The normalized spacial score (nSPS) is 12.1. The second-order valence-electron chi connectivity index (χ2n) is 5.60. The van der Waals surface area contributed by atoms with Gasteiger partial charge in [-0.1, -0.05) is 0 Å². The number of thiophene rings is 1. The van der Waals surface area contributed by atoms with Gasteiger partial charge in [0.15, 0.2) is 0 Å². The van der Waals surface area contributed by atoms with Crippen LogP contribution < -0.4 is 4.74 Å². The molecule has 3 aromatic rings.